The normalized spacial score (nSPS) is 15.2. The third-order valence-electron chi connectivity index (χ3n) is 4.03. The van der Waals surface area contributed by atoms with E-state index in [0.717, 1.165) is 25.4 Å². The van der Waals surface area contributed by atoms with Crippen molar-refractivity contribution in [2.24, 2.45) is 0 Å². The maximum atomic E-state index is 12.7. The highest BCUT2D eigenvalue weighted by molar-refractivity contribution is 6.30. The molecule has 0 spiro atoms. The van der Waals surface area contributed by atoms with E-state index in [4.69, 9.17) is 16.3 Å². The van der Waals surface area contributed by atoms with Gasteiger partial charge in [-0.2, -0.15) is 13.2 Å². The van der Waals surface area contributed by atoms with Crippen molar-refractivity contribution >= 4 is 23.2 Å². The fraction of sp³-hybridized carbons (Fsp3) is 0.412. The van der Waals surface area contributed by atoms with E-state index in [0.29, 0.717) is 18.5 Å². The molecule has 140 valence electrons. The van der Waals surface area contributed by atoms with Gasteiger partial charge in [-0.1, -0.05) is 11.6 Å². The standard InChI is InChI=1S/C17H18ClF3N4O/c18-15-14(17(19,20)21)11-22-16(24-15)23-12-3-5-13(6-4-12)26-10-9-25-7-1-2-8-25/h3-6,11H,1-2,7-10H2,(H,22,23,24). The molecular weight excluding hydrogens is 369 g/mol. The molecule has 1 aliphatic heterocycles. The Hall–Kier alpha value is -2.06. The summed E-state index contributed by atoms with van der Waals surface area (Å²) in [5, 5.41) is 2.17. The van der Waals surface area contributed by atoms with E-state index < -0.39 is 16.9 Å². The zero-order valence-electron chi connectivity index (χ0n) is 13.9. The van der Waals surface area contributed by atoms with Gasteiger partial charge < -0.3 is 10.1 Å². The Bertz CT molecular complexity index is 734. The Balaban J connectivity index is 1.54. The van der Waals surface area contributed by atoms with Gasteiger partial charge in [0.2, 0.25) is 5.95 Å². The van der Waals surface area contributed by atoms with E-state index >= 15 is 0 Å². The summed E-state index contributed by atoms with van der Waals surface area (Å²) in [4.78, 5) is 9.65. The Morgan fingerprint density at radius 3 is 2.46 bits per heavy atom. The van der Waals surface area contributed by atoms with Crippen molar-refractivity contribution in [2.75, 3.05) is 31.6 Å². The zero-order chi connectivity index (χ0) is 18.6. The van der Waals surface area contributed by atoms with Gasteiger partial charge in [-0.15, -0.1) is 0 Å². The van der Waals surface area contributed by atoms with Crippen LogP contribution >= 0.6 is 11.6 Å². The molecule has 1 aromatic carbocycles. The van der Waals surface area contributed by atoms with Crippen molar-refractivity contribution in [3.05, 3.63) is 41.2 Å². The number of hydrogen-bond donors (Lipinski definition) is 1. The van der Waals surface area contributed by atoms with Crippen LogP contribution in [0.3, 0.4) is 0 Å². The fourth-order valence-corrected chi connectivity index (χ4v) is 2.91. The molecular formula is C17H18ClF3N4O. The van der Waals surface area contributed by atoms with E-state index in [1.807, 2.05) is 0 Å². The second-order valence-electron chi connectivity index (χ2n) is 5.94. The molecule has 0 aliphatic carbocycles. The molecule has 1 saturated heterocycles. The molecule has 0 atom stereocenters. The highest BCUT2D eigenvalue weighted by Gasteiger charge is 2.34. The van der Waals surface area contributed by atoms with Crippen LogP contribution in [0.4, 0.5) is 24.8 Å². The lowest BCUT2D eigenvalue weighted by molar-refractivity contribution is -0.137. The minimum atomic E-state index is -4.58. The third kappa shape index (κ3) is 4.98. The molecule has 9 heteroatoms. The number of halogens is 4. The summed E-state index contributed by atoms with van der Waals surface area (Å²) in [6.07, 6.45) is -1.43. The van der Waals surface area contributed by atoms with Gasteiger partial charge in [0.1, 0.15) is 23.1 Å². The second-order valence-corrected chi connectivity index (χ2v) is 6.30. The second kappa shape index (κ2) is 8.09. The number of ether oxygens (including phenoxy) is 1. The molecule has 0 unspecified atom stereocenters. The van der Waals surface area contributed by atoms with Gasteiger partial charge in [-0.05, 0) is 50.2 Å². The van der Waals surface area contributed by atoms with Gasteiger partial charge in [-0.3, -0.25) is 4.90 Å². The monoisotopic (exact) mass is 386 g/mol. The van der Waals surface area contributed by atoms with Crippen molar-refractivity contribution < 1.29 is 17.9 Å². The molecule has 0 bridgehead atoms. The van der Waals surface area contributed by atoms with Crippen LogP contribution in [0.1, 0.15) is 18.4 Å². The summed E-state index contributed by atoms with van der Waals surface area (Å²) in [5.41, 5.74) is -0.445. The van der Waals surface area contributed by atoms with Gasteiger partial charge in [0.25, 0.3) is 0 Å². The Morgan fingerprint density at radius 1 is 1.15 bits per heavy atom. The van der Waals surface area contributed by atoms with E-state index in [-0.39, 0.29) is 5.95 Å². The highest BCUT2D eigenvalue weighted by atomic mass is 35.5. The summed E-state index contributed by atoms with van der Waals surface area (Å²) < 4.78 is 43.7. The average Bonchev–Trinajstić information content (AvgIpc) is 3.09. The van der Waals surface area contributed by atoms with Crippen molar-refractivity contribution in [1.29, 1.82) is 0 Å². The van der Waals surface area contributed by atoms with E-state index in [1.165, 1.54) is 12.8 Å². The van der Waals surface area contributed by atoms with Gasteiger partial charge in [0.15, 0.2) is 0 Å². The molecule has 2 heterocycles. The predicted octanol–water partition coefficient (Wildman–Crippen LogP) is 4.37. The number of alkyl halides is 3. The predicted molar refractivity (Wildman–Crippen MR) is 92.9 cm³/mol. The molecule has 26 heavy (non-hydrogen) atoms. The number of likely N-dealkylation sites (tertiary alicyclic amines) is 1. The molecule has 1 N–H and O–H groups in total. The van der Waals surface area contributed by atoms with Crippen LogP contribution in [0, 0.1) is 0 Å². The van der Waals surface area contributed by atoms with E-state index in [2.05, 4.69) is 20.2 Å². The first-order valence-corrected chi connectivity index (χ1v) is 8.61. The van der Waals surface area contributed by atoms with Crippen molar-refractivity contribution in [1.82, 2.24) is 14.9 Å². The lowest BCUT2D eigenvalue weighted by atomic mass is 10.3. The summed E-state index contributed by atoms with van der Waals surface area (Å²) >= 11 is 5.58. The number of nitrogens with zero attached hydrogens (tertiary/aromatic N) is 3. The Kier molecular flexibility index (Phi) is 5.83. The highest BCUT2D eigenvalue weighted by Crippen LogP contribution is 2.33. The number of nitrogens with one attached hydrogen (secondary N) is 1. The van der Waals surface area contributed by atoms with Gasteiger partial charge in [0.05, 0.1) is 0 Å². The molecule has 5 nitrogen and oxygen atoms in total. The Morgan fingerprint density at radius 2 is 1.85 bits per heavy atom. The lowest BCUT2D eigenvalue weighted by Crippen LogP contribution is -2.25. The van der Waals surface area contributed by atoms with Crippen LogP contribution in [0.2, 0.25) is 5.15 Å². The molecule has 1 aliphatic rings. The number of aromatic nitrogens is 2. The summed E-state index contributed by atoms with van der Waals surface area (Å²) in [7, 11) is 0. The van der Waals surface area contributed by atoms with E-state index in [9.17, 15) is 13.2 Å². The summed E-state index contributed by atoms with van der Waals surface area (Å²) in [6, 6.07) is 7.02. The van der Waals surface area contributed by atoms with E-state index in [1.54, 1.807) is 24.3 Å². The van der Waals surface area contributed by atoms with Crippen LogP contribution in [0.5, 0.6) is 5.75 Å². The molecule has 1 fully saturated rings. The van der Waals surface area contributed by atoms with Crippen LogP contribution in [0.25, 0.3) is 0 Å². The Labute approximate surface area is 154 Å². The quantitative estimate of drug-likeness (QED) is 0.747. The smallest absolute Gasteiger partial charge is 0.420 e. The molecule has 2 aromatic rings. The molecule has 0 amide bonds. The van der Waals surface area contributed by atoms with Gasteiger partial charge in [0, 0.05) is 18.4 Å². The van der Waals surface area contributed by atoms with Gasteiger partial charge >= 0.3 is 6.18 Å². The lowest BCUT2D eigenvalue weighted by Gasteiger charge is -2.15. The number of anilines is 2. The van der Waals surface area contributed by atoms with Crippen molar-refractivity contribution in [2.45, 2.75) is 19.0 Å². The molecule has 1 aromatic heterocycles. The summed E-state index contributed by atoms with van der Waals surface area (Å²) in [6.45, 7) is 3.77. The molecule has 0 saturated carbocycles. The first-order chi connectivity index (χ1) is 12.4. The van der Waals surface area contributed by atoms with Gasteiger partial charge in [-0.25, -0.2) is 9.97 Å². The van der Waals surface area contributed by atoms with Crippen LogP contribution in [-0.4, -0.2) is 41.1 Å². The molecule has 0 radical (unpaired) electrons. The van der Waals surface area contributed by atoms with Crippen LogP contribution in [-0.2, 0) is 6.18 Å². The zero-order valence-corrected chi connectivity index (χ0v) is 14.6. The fourth-order valence-electron chi connectivity index (χ4n) is 2.67. The topological polar surface area (TPSA) is 50.3 Å². The minimum Gasteiger partial charge on any atom is -0.492 e. The summed E-state index contributed by atoms with van der Waals surface area (Å²) in [5.74, 6) is 0.715. The largest absolute Gasteiger partial charge is 0.492 e. The third-order valence-corrected chi connectivity index (χ3v) is 4.32. The number of rotatable bonds is 6. The SMILES string of the molecule is FC(F)(F)c1cnc(Nc2ccc(OCCN3CCCC3)cc2)nc1Cl. The first kappa shape index (κ1) is 18.7. The van der Waals surface area contributed by atoms with Crippen molar-refractivity contribution in [3.63, 3.8) is 0 Å². The van der Waals surface area contributed by atoms with Crippen LogP contribution < -0.4 is 10.1 Å². The minimum absolute atomic E-state index is 0.00861. The van der Waals surface area contributed by atoms with Crippen LogP contribution in [0.15, 0.2) is 30.5 Å². The molecule has 3 rings (SSSR count). The van der Waals surface area contributed by atoms with Crippen molar-refractivity contribution in [3.8, 4) is 5.75 Å². The number of hydrogen-bond acceptors (Lipinski definition) is 5. The average molecular weight is 387 g/mol. The first-order valence-electron chi connectivity index (χ1n) is 8.24. The maximum Gasteiger partial charge on any atom is 0.420 e. The number of benzene rings is 1. The maximum absolute atomic E-state index is 12.7.